The molecular weight excluding hydrogens is 601 g/mol. The first-order valence-corrected chi connectivity index (χ1v) is 16.5. The molecule has 0 radical (unpaired) electrons. The Kier molecular flexibility index (Phi) is 5.32. The fourth-order valence-corrected chi connectivity index (χ4v) is 7.86. The maximum atomic E-state index is 6.36. The summed E-state index contributed by atoms with van der Waals surface area (Å²) in [5, 5.41) is 7.72. The summed E-state index contributed by atoms with van der Waals surface area (Å²) in [7, 11) is 0. The molecular formula is C44H26N4O. The van der Waals surface area contributed by atoms with Gasteiger partial charge in [-0.05, 0) is 42.5 Å². The third-order valence-electron chi connectivity index (χ3n) is 9.93. The number of hydrogen-bond donors (Lipinski definition) is 0. The predicted octanol–water partition coefficient (Wildman–Crippen LogP) is 11.4. The Labute approximate surface area is 279 Å². The molecule has 49 heavy (non-hydrogen) atoms. The first-order chi connectivity index (χ1) is 24.3. The van der Waals surface area contributed by atoms with Crippen molar-refractivity contribution in [1.82, 2.24) is 19.1 Å². The zero-order valence-corrected chi connectivity index (χ0v) is 26.2. The standard InChI is InChI=1S/C44H26N4O/c1-3-13-27(14-4-1)40-34-25-26-38-39(33-19-9-12-22-37(33)49-38)41(34)46-44(45-40)48-36-21-11-8-18-30(36)32-24-23-31-29-17-7-10-20-35(29)47(42(31)43(32)48)28-15-5-2-6-16-28/h1-26H. The number of rotatable bonds is 3. The molecule has 0 aliphatic rings. The monoisotopic (exact) mass is 626 g/mol. The minimum absolute atomic E-state index is 0.618. The van der Waals surface area contributed by atoms with Crippen molar-refractivity contribution in [2.75, 3.05) is 0 Å². The van der Waals surface area contributed by atoms with Crippen molar-refractivity contribution in [1.29, 1.82) is 0 Å². The van der Waals surface area contributed by atoms with E-state index in [9.17, 15) is 0 Å². The highest BCUT2D eigenvalue weighted by molar-refractivity contribution is 6.24. The lowest BCUT2D eigenvalue weighted by Gasteiger charge is -2.14. The van der Waals surface area contributed by atoms with E-state index in [1.807, 2.05) is 18.2 Å². The second-order valence-electron chi connectivity index (χ2n) is 12.6. The summed E-state index contributed by atoms with van der Waals surface area (Å²) in [5.74, 6) is 0.618. The van der Waals surface area contributed by atoms with Crippen LogP contribution in [0.3, 0.4) is 0 Å². The van der Waals surface area contributed by atoms with Gasteiger partial charge in [0.1, 0.15) is 11.2 Å². The van der Waals surface area contributed by atoms with Gasteiger partial charge in [0.25, 0.3) is 0 Å². The van der Waals surface area contributed by atoms with Crippen molar-refractivity contribution in [3.05, 3.63) is 158 Å². The molecule has 228 valence electrons. The van der Waals surface area contributed by atoms with Gasteiger partial charge >= 0.3 is 0 Å². The van der Waals surface area contributed by atoms with Crippen LogP contribution >= 0.6 is 0 Å². The lowest BCUT2D eigenvalue weighted by Crippen LogP contribution is -2.05. The Morgan fingerprint density at radius 3 is 1.71 bits per heavy atom. The molecule has 5 heteroatoms. The maximum Gasteiger partial charge on any atom is 0.235 e. The lowest BCUT2D eigenvalue weighted by atomic mass is 10.0. The van der Waals surface area contributed by atoms with Crippen LogP contribution < -0.4 is 0 Å². The molecule has 0 atom stereocenters. The Morgan fingerprint density at radius 1 is 0.408 bits per heavy atom. The summed E-state index contributed by atoms with van der Waals surface area (Å²) < 4.78 is 11.0. The number of furan rings is 1. The molecule has 0 saturated carbocycles. The third-order valence-corrected chi connectivity index (χ3v) is 9.93. The van der Waals surface area contributed by atoms with E-state index >= 15 is 0 Å². The average Bonchev–Trinajstić information content (AvgIpc) is 3.83. The Balaban J connectivity index is 1.38. The summed E-state index contributed by atoms with van der Waals surface area (Å²) in [4.78, 5) is 11.0. The first-order valence-electron chi connectivity index (χ1n) is 16.5. The summed E-state index contributed by atoms with van der Waals surface area (Å²) in [6.07, 6.45) is 0. The largest absolute Gasteiger partial charge is 0.456 e. The molecule has 0 aliphatic heterocycles. The molecule has 0 saturated heterocycles. The second kappa shape index (κ2) is 9.89. The highest BCUT2D eigenvalue weighted by Crippen LogP contribution is 2.43. The van der Waals surface area contributed by atoms with Crippen LogP contribution in [0.1, 0.15) is 0 Å². The summed E-state index contributed by atoms with van der Waals surface area (Å²) in [5.41, 5.74) is 9.95. The Hall–Kier alpha value is -6.72. The van der Waals surface area contributed by atoms with Gasteiger partial charge in [-0.15, -0.1) is 0 Å². The van der Waals surface area contributed by atoms with Gasteiger partial charge in [-0.3, -0.25) is 4.57 Å². The van der Waals surface area contributed by atoms with E-state index in [0.29, 0.717) is 5.95 Å². The molecule has 11 aromatic rings. The molecule has 4 aromatic heterocycles. The van der Waals surface area contributed by atoms with Crippen molar-refractivity contribution in [3.63, 3.8) is 0 Å². The number of nitrogens with zero attached hydrogens (tertiary/aromatic N) is 4. The number of fused-ring (bicyclic) bond motifs is 12. The van der Waals surface area contributed by atoms with Crippen LogP contribution in [0.5, 0.6) is 0 Å². The average molecular weight is 627 g/mol. The van der Waals surface area contributed by atoms with Crippen molar-refractivity contribution in [2.24, 2.45) is 0 Å². The topological polar surface area (TPSA) is 48.8 Å². The van der Waals surface area contributed by atoms with Crippen LogP contribution in [-0.4, -0.2) is 19.1 Å². The van der Waals surface area contributed by atoms with Crippen molar-refractivity contribution in [3.8, 4) is 22.9 Å². The molecule has 0 unspecified atom stereocenters. The van der Waals surface area contributed by atoms with Crippen molar-refractivity contribution in [2.45, 2.75) is 0 Å². The molecule has 0 aliphatic carbocycles. The number of aromatic nitrogens is 4. The van der Waals surface area contributed by atoms with Gasteiger partial charge in [-0.25, -0.2) is 9.97 Å². The maximum absolute atomic E-state index is 6.36. The zero-order valence-electron chi connectivity index (χ0n) is 26.2. The van der Waals surface area contributed by atoms with E-state index in [0.717, 1.165) is 82.6 Å². The van der Waals surface area contributed by atoms with Crippen LogP contribution in [0.15, 0.2) is 162 Å². The van der Waals surface area contributed by atoms with Crippen LogP contribution in [0.25, 0.3) is 99.3 Å². The summed E-state index contributed by atoms with van der Waals surface area (Å²) in [6, 6.07) is 55.2. The Bertz CT molecular complexity index is 3100. The highest BCUT2D eigenvalue weighted by atomic mass is 16.3. The fourth-order valence-electron chi connectivity index (χ4n) is 7.86. The molecule has 0 fully saturated rings. The molecule has 0 amide bonds. The van der Waals surface area contributed by atoms with Gasteiger partial charge in [-0.1, -0.05) is 115 Å². The first kappa shape index (κ1) is 26.4. The van der Waals surface area contributed by atoms with Crippen LogP contribution in [0.2, 0.25) is 0 Å². The second-order valence-corrected chi connectivity index (χ2v) is 12.6. The van der Waals surface area contributed by atoms with Gasteiger partial charge in [0.2, 0.25) is 5.95 Å². The highest BCUT2D eigenvalue weighted by Gasteiger charge is 2.24. The van der Waals surface area contributed by atoms with Gasteiger partial charge in [0.15, 0.2) is 0 Å². The minimum atomic E-state index is 0.618. The molecule has 0 spiro atoms. The quantitative estimate of drug-likeness (QED) is 0.196. The normalized spacial score (nSPS) is 12.1. The van der Waals surface area contributed by atoms with E-state index in [2.05, 4.69) is 149 Å². The molecule has 7 aromatic carbocycles. The molecule has 11 rings (SSSR count). The van der Waals surface area contributed by atoms with Crippen molar-refractivity contribution >= 4 is 76.5 Å². The fraction of sp³-hybridized carbons (Fsp3) is 0. The van der Waals surface area contributed by atoms with E-state index in [4.69, 9.17) is 14.4 Å². The molecule has 4 heterocycles. The van der Waals surface area contributed by atoms with Crippen LogP contribution in [0.4, 0.5) is 0 Å². The number of hydrogen-bond acceptors (Lipinski definition) is 3. The van der Waals surface area contributed by atoms with Crippen LogP contribution in [0, 0.1) is 0 Å². The molecule has 0 N–H and O–H groups in total. The molecule has 5 nitrogen and oxygen atoms in total. The van der Waals surface area contributed by atoms with Crippen LogP contribution in [-0.2, 0) is 0 Å². The minimum Gasteiger partial charge on any atom is -0.456 e. The van der Waals surface area contributed by atoms with Gasteiger partial charge in [-0.2, -0.15) is 0 Å². The third kappa shape index (κ3) is 3.64. The van der Waals surface area contributed by atoms with Gasteiger partial charge < -0.3 is 8.98 Å². The van der Waals surface area contributed by atoms with Gasteiger partial charge in [0.05, 0.1) is 38.7 Å². The van der Waals surface area contributed by atoms with E-state index in [-0.39, 0.29) is 0 Å². The summed E-state index contributed by atoms with van der Waals surface area (Å²) in [6.45, 7) is 0. The predicted molar refractivity (Wildman–Crippen MR) is 201 cm³/mol. The van der Waals surface area contributed by atoms with Crippen molar-refractivity contribution < 1.29 is 4.42 Å². The van der Waals surface area contributed by atoms with E-state index in [1.54, 1.807) is 0 Å². The summed E-state index contributed by atoms with van der Waals surface area (Å²) >= 11 is 0. The van der Waals surface area contributed by atoms with E-state index in [1.165, 1.54) is 10.8 Å². The molecule has 0 bridgehead atoms. The van der Waals surface area contributed by atoms with E-state index < -0.39 is 0 Å². The smallest absolute Gasteiger partial charge is 0.235 e. The Morgan fingerprint density at radius 2 is 0.980 bits per heavy atom. The zero-order chi connectivity index (χ0) is 32.1. The number of benzene rings is 7. The lowest BCUT2D eigenvalue weighted by molar-refractivity contribution is 0.669. The van der Waals surface area contributed by atoms with Gasteiger partial charge in [0, 0.05) is 43.6 Å². The SMILES string of the molecule is c1ccc(-c2nc(-n3c4ccccc4c4ccc5c6ccccc6n(-c6ccccc6)c5c43)nc3c2ccc2oc4ccccc4c23)cc1. The number of para-hydroxylation sites is 4.